The topological polar surface area (TPSA) is 65.8 Å². The molecular formula is C30H35N3O3. The average molecular weight is 486 g/mol. The molecule has 6 nitrogen and oxygen atoms in total. The number of carbonyl (C=O) groups is 1. The number of fused-ring (bicyclic) bond motifs is 1. The number of nitrogens with zero attached hydrogens (tertiary/aromatic N) is 3. The highest BCUT2D eigenvalue weighted by atomic mass is 16.3. The van der Waals surface area contributed by atoms with E-state index in [2.05, 4.69) is 21.9 Å². The number of aromatic hydroxyl groups is 1. The summed E-state index contributed by atoms with van der Waals surface area (Å²) in [6, 6.07) is 9.96. The number of likely N-dealkylation sites (tertiary alicyclic amines) is 2. The Balaban J connectivity index is 1.25. The number of pyridine rings is 1. The highest BCUT2D eigenvalue weighted by Crippen LogP contribution is 2.75. The predicted molar refractivity (Wildman–Crippen MR) is 136 cm³/mol. The largest absolute Gasteiger partial charge is 0.508 e. The second-order valence-corrected chi connectivity index (χ2v) is 12.8. The van der Waals surface area contributed by atoms with Gasteiger partial charge in [0.05, 0.1) is 0 Å². The average Bonchev–Trinajstić information content (AvgIpc) is 3.55. The Kier molecular flexibility index (Phi) is 4.20. The monoisotopic (exact) mass is 485 g/mol. The Morgan fingerprint density at radius 2 is 2.00 bits per heavy atom. The smallest absolute Gasteiger partial charge is 0.270 e. The zero-order valence-electron chi connectivity index (χ0n) is 21.0. The summed E-state index contributed by atoms with van der Waals surface area (Å²) < 4.78 is 1.80. The van der Waals surface area contributed by atoms with E-state index >= 15 is 0 Å². The summed E-state index contributed by atoms with van der Waals surface area (Å²) in [7, 11) is 1.86. The first-order chi connectivity index (χ1) is 17.4. The number of benzene rings is 1. The van der Waals surface area contributed by atoms with Gasteiger partial charge in [-0.05, 0) is 97.9 Å². The minimum absolute atomic E-state index is 0.00756. The molecule has 6 aliphatic rings. The summed E-state index contributed by atoms with van der Waals surface area (Å²) >= 11 is 0. The van der Waals surface area contributed by atoms with Gasteiger partial charge in [-0.1, -0.05) is 6.07 Å². The van der Waals surface area contributed by atoms with Crippen LogP contribution in [0, 0.1) is 23.2 Å². The van der Waals surface area contributed by atoms with Crippen LogP contribution in [-0.4, -0.2) is 57.1 Å². The van der Waals surface area contributed by atoms with E-state index in [1.54, 1.807) is 10.8 Å². The van der Waals surface area contributed by atoms with Crippen molar-refractivity contribution >= 4 is 5.91 Å². The molecule has 3 saturated carbocycles. The predicted octanol–water partition coefficient (Wildman–Crippen LogP) is 3.31. The van der Waals surface area contributed by atoms with Gasteiger partial charge in [-0.15, -0.1) is 0 Å². The van der Waals surface area contributed by atoms with Gasteiger partial charge < -0.3 is 14.6 Å². The van der Waals surface area contributed by atoms with Gasteiger partial charge in [-0.2, -0.15) is 0 Å². The third-order valence-electron chi connectivity index (χ3n) is 11.4. The molecule has 4 aliphatic carbocycles. The number of hydrogen-bond donors (Lipinski definition) is 1. The van der Waals surface area contributed by atoms with Crippen LogP contribution in [0.2, 0.25) is 0 Å². The van der Waals surface area contributed by atoms with Gasteiger partial charge in [0.25, 0.3) is 5.91 Å². The summed E-state index contributed by atoms with van der Waals surface area (Å²) in [6.45, 7) is 3.18. The maximum atomic E-state index is 13.9. The highest BCUT2D eigenvalue weighted by molar-refractivity contribution is 5.93. The third-order valence-corrected chi connectivity index (χ3v) is 11.4. The van der Waals surface area contributed by atoms with Crippen molar-refractivity contribution in [1.29, 1.82) is 0 Å². The molecule has 4 bridgehead atoms. The Labute approximate surface area is 211 Å². The fourth-order valence-corrected chi connectivity index (χ4v) is 10.1. The van der Waals surface area contributed by atoms with Crippen LogP contribution in [-0.2, 0) is 18.9 Å². The van der Waals surface area contributed by atoms with E-state index in [0.717, 1.165) is 44.7 Å². The molecule has 6 atom stereocenters. The quantitative estimate of drug-likeness (QED) is 0.725. The molecule has 1 aromatic carbocycles. The number of amides is 1. The minimum Gasteiger partial charge on any atom is -0.508 e. The second-order valence-electron chi connectivity index (χ2n) is 12.8. The van der Waals surface area contributed by atoms with E-state index < -0.39 is 0 Å². The molecule has 2 saturated heterocycles. The number of aryl methyl sites for hydroxylation is 1. The SMILES string of the molecule is Cn1ccc(=O)cc1C(=O)N1C[C@H]2CC34CCC1C2C31CCN(CC2CC2)C4Cc2ccc(O)cc21. The first kappa shape index (κ1) is 21.5. The molecule has 2 aromatic rings. The number of hydrogen-bond acceptors (Lipinski definition) is 4. The third kappa shape index (κ3) is 2.56. The molecule has 0 radical (unpaired) electrons. The maximum Gasteiger partial charge on any atom is 0.270 e. The van der Waals surface area contributed by atoms with Crippen LogP contribution in [0.3, 0.4) is 0 Å². The fourth-order valence-electron chi connectivity index (χ4n) is 10.1. The van der Waals surface area contributed by atoms with Crippen molar-refractivity contribution in [2.45, 2.75) is 62.4 Å². The Morgan fingerprint density at radius 3 is 2.83 bits per heavy atom. The standard InChI is InChI=1S/C30H35N3O3/c1-31-10-7-22(35)14-25(31)28(36)33-17-20-15-29-8-6-24(33)27(20)30(29)9-11-32(16-18-2-3-18)26(29)12-19-4-5-21(34)13-23(19)30/h4-5,7,10,13-14,18,20,24,26-27,34H,2-3,6,8-9,11-12,15-17H2,1H3/t20-,24?,26?,27?,29?,30?/m1/s1. The van der Waals surface area contributed by atoms with Crippen LogP contribution in [0.15, 0.2) is 41.3 Å². The van der Waals surface area contributed by atoms with E-state index in [4.69, 9.17) is 0 Å². The van der Waals surface area contributed by atoms with E-state index in [-0.39, 0.29) is 28.2 Å². The zero-order chi connectivity index (χ0) is 24.4. The molecule has 0 spiro atoms. The van der Waals surface area contributed by atoms with Crippen LogP contribution in [0.4, 0.5) is 0 Å². The van der Waals surface area contributed by atoms with Crippen LogP contribution in [0.1, 0.15) is 60.1 Å². The number of aromatic nitrogens is 1. The Morgan fingerprint density at radius 1 is 1.14 bits per heavy atom. The van der Waals surface area contributed by atoms with Crippen molar-refractivity contribution in [1.82, 2.24) is 14.4 Å². The molecule has 188 valence electrons. The molecule has 5 fully saturated rings. The molecule has 8 rings (SSSR count). The Bertz CT molecular complexity index is 1350. The molecule has 1 N–H and O–H groups in total. The van der Waals surface area contributed by atoms with Gasteiger partial charge in [-0.25, -0.2) is 0 Å². The van der Waals surface area contributed by atoms with E-state index in [9.17, 15) is 14.7 Å². The summed E-state index contributed by atoms with van der Waals surface area (Å²) in [4.78, 5) is 31.0. The lowest BCUT2D eigenvalue weighted by molar-refractivity contribution is -0.102. The lowest BCUT2D eigenvalue weighted by atomic mass is 9.43. The lowest BCUT2D eigenvalue weighted by Gasteiger charge is -2.66. The van der Waals surface area contributed by atoms with E-state index in [0.29, 0.717) is 29.3 Å². The van der Waals surface area contributed by atoms with Gasteiger partial charge in [0.1, 0.15) is 11.4 Å². The van der Waals surface area contributed by atoms with Gasteiger partial charge in [-0.3, -0.25) is 14.5 Å². The normalized spacial score (nSPS) is 38.1. The van der Waals surface area contributed by atoms with Gasteiger partial charge in [0, 0.05) is 56.0 Å². The van der Waals surface area contributed by atoms with Crippen molar-refractivity contribution in [3.8, 4) is 5.75 Å². The summed E-state index contributed by atoms with van der Waals surface area (Å²) in [5, 5.41) is 10.6. The van der Waals surface area contributed by atoms with Crippen molar-refractivity contribution in [3.63, 3.8) is 0 Å². The lowest BCUT2D eigenvalue weighted by Crippen LogP contribution is -2.70. The minimum atomic E-state index is -0.111. The molecular weight excluding hydrogens is 450 g/mol. The molecule has 5 unspecified atom stereocenters. The van der Waals surface area contributed by atoms with Crippen molar-refractivity contribution < 1.29 is 9.90 Å². The van der Waals surface area contributed by atoms with Gasteiger partial charge in [0.15, 0.2) is 5.43 Å². The van der Waals surface area contributed by atoms with Crippen LogP contribution < -0.4 is 5.43 Å². The van der Waals surface area contributed by atoms with Crippen molar-refractivity contribution in [3.05, 3.63) is 63.6 Å². The fraction of sp³-hybridized carbons (Fsp3) is 0.600. The number of rotatable bonds is 3. The van der Waals surface area contributed by atoms with Crippen molar-refractivity contribution in [2.75, 3.05) is 19.6 Å². The van der Waals surface area contributed by atoms with Crippen LogP contribution in [0.25, 0.3) is 0 Å². The molecule has 3 heterocycles. The number of piperidine rings is 1. The van der Waals surface area contributed by atoms with Crippen LogP contribution in [0.5, 0.6) is 5.75 Å². The molecule has 2 aliphatic heterocycles. The molecule has 36 heavy (non-hydrogen) atoms. The number of phenolic OH excluding ortho intramolecular Hbond substituents is 1. The Hall–Kier alpha value is -2.60. The zero-order valence-corrected chi connectivity index (χ0v) is 21.0. The first-order valence-corrected chi connectivity index (χ1v) is 14.0. The van der Waals surface area contributed by atoms with Gasteiger partial charge >= 0.3 is 0 Å². The molecule has 6 heteroatoms. The second kappa shape index (κ2) is 7.03. The maximum absolute atomic E-state index is 13.9. The highest BCUT2D eigenvalue weighted by Gasteiger charge is 2.76. The summed E-state index contributed by atoms with van der Waals surface area (Å²) in [5.41, 5.74) is 3.49. The molecule has 1 amide bonds. The number of carbonyl (C=O) groups excluding carboxylic acids is 1. The summed E-state index contributed by atoms with van der Waals surface area (Å²) in [6.07, 6.45) is 10.1. The number of phenols is 1. The van der Waals surface area contributed by atoms with E-state index in [1.807, 2.05) is 13.1 Å². The van der Waals surface area contributed by atoms with Crippen LogP contribution >= 0.6 is 0 Å². The molecule has 1 aromatic heterocycles. The van der Waals surface area contributed by atoms with Crippen molar-refractivity contribution in [2.24, 2.45) is 30.2 Å². The van der Waals surface area contributed by atoms with E-state index in [1.165, 1.54) is 49.1 Å². The first-order valence-electron chi connectivity index (χ1n) is 14.0. The van der Waals surface area contributed by atoms with Gasteiger partial charge in [0.2, 0.25) is 0 Å². The summed E-state index contributed by atoms with van der Waals surface area (Å²) in [5.74, 6) is 2.19.